The van der Waals surface area contributed by atoms with Crippen molar-refractivity contribution in [2.75, 3.05) is 12.4 Å². The van der Waals surface area contributed by atoms with Crippen LogP contribution < -0.4 is 5.32 Å². The summed E-state index contributed by atoms with van der Waals surface area (Å²) < 4.78 is 4.65. The standard InChI is InChI=1S/C17H13NO3S/c1-21-17(20)15-10-9-14(22-15)16(19)18-13-8-4-6-11-5-2-3-7-12(11)13/h2-10H,1H3,(H,18,19). The zero-order valence-electron chi connectivity index (χ0n) is 11.8. The Morgan fingerprint density at radius 2 is 1.68 bits per heavy atom. The normalized spacial score (nSPS) is 10.4. The van der Waals surface area contributed by atoms with Crippen molar-refractivity contribution >= 4 is 39.7 Å². The van der Waals surface area contributed by atoms with Gasteiger partial charge in [0.05, 0.1) is 12.0 Å². The van der Waals surface area contributed by atoms with Crippen molar-refractivity contribution in [1.82, 2.24) is 0 Å². The number of anilines is 1. The summed E-state index contributed by atoms with van der Waals surface area (Å²) in [6, 6.07) is 16.8. The maximum atomic E-state index is 12.3. The second-order valence-electron chi connectivity index (χ2n) is 4.64. The van der Waals surface area contributed by atoms with E-state index in [9.17, 15) is 9.59 Å². The van der Waals surface area contributed by atoms with E-state index >= 15 is 0 Å². The second-order valence-corrected chi connectivity index (χ2v) is 5.72. The molecule has 0 fully saturated rings. The van der Waals surface area contributed by atoms with E-state index in [0.717, 1.165) is 27.8 Å². The average molecular weight is 311 g/mol. The van der Waals surface area contributed by atoms with Gasteiger partial charge in [-0.05, 0) is 23.6 Å². The van der Waals surface area contributed by atoms with Crippen LogP contribution in [0.3, 0.4) is 0 Å². The number of nitrogens with one attached hydrogen (secondary N) is 1. The molecule has 1 heterocycles. The highest BCUT2D eigenvalue weighted by Crippen LogP contribution is 2.25. The van der Waals surface area contributed by atoms with E-state index in [-0.39, 0.29) is 5.91 Å². The van der Waals surface area contributed by atoms with Crippen molar-refractivity contribution < 1.29 is 14.3 Å². The SMILES string of the molecule is COC(=O)c1ccc(C(=O)Nc2cccc3ccccc23)s1. The molecule has 3 rings (SSSR count). The van der Waals surface area contributed by atoms with Gasteiger partial charge in [-0.3, -0.25) is 4.79 Å². The summed E-state index contributed by atoms with van der Waals surface area (Å²) in [6.07, 6.45) is 0. The molecule has 2 aromatic carbocycles. The molecule has 3 aromatic rings. The zero-order valence-corrected chi connectivity index (χ0v) is 12.6. The lowest BCUT2D eigenvalue weighted by Gasteiger charge is -2.07. The number of esters is 1. The van der Waals surface area contributed by atoms with Crippen LogP contribution in [0.5, 0.6) is 0 Å². The number of rotatable bonds is 3. The van der Waals surface area contributed by atoms with Gasteiger partial charge in [-0.25, -0.2) is 4.79 Å². The number of carbonyl (C=O) groups excluding carboxylic acids is 2. The van der Waals surface area contributed by atoms with Gasteiger partial charge in [0.1, 0.15) is 4.88 Å². The van der Waals surface area contributed by atoms with Crippen LogP contribution in [-0.2, 0) is 4.74 Å². The van der Waals surface area contributed by atoms with Crippen molar-refractivity contribution in [3.63, 3.8) is 0 Å². The summed E-state index contributed by atoms with van der Waals surface area (Å²) in [5, 5.41) is 4.92. The summed E-state index contributed by atoms with van der Waals surface area (Å²) in [5.41, 5.74) is 0.746. The molecule has 22 heavy (non-hydrogen) atoms. The molecular weight excluding hydrogens is 298 g/mol. The Morgan fingerprint density at radius 1 is 0.955 bits per heavy atom. The lowest BCUT2D eigenvalue weighted by atomic mass is 10.1. The Balaban J connectivity index is 1.87. The van der Waals surface area contributed by atoms with Gasteiger partial charge in [-0.15, -0.1) is 11.3 Å². The van der Waals surface area contributed by atoms with Gasteiger partial charge in [-0.2, -0.15) is 0 Å². The van der Waals surface area contributed by atoms with Gasteiger partial charge in [0.25, 0.3) is 5.91 Å². The van der Waals surface area contributed by atoms with E-state index in [2.05, 4.69) is 10.1 Å². The third-order valence-electron chi connectivity index (χ3n) is 3.25. The summed E-state index contributed by atoms with van der Waals surface area (Å²) in [5.74, 6) is -0.675. The predicted molar refractivity (Wildman–Crippen MR) is 87.6 cm³/mol. The first-order valence-corrected chi connectivity index (χ1v) is 7.48. The minimum Gasteiger partial charge on any atom is -0.465 e. The van der Waals surface area contributed by atoms with Crippen molar-refractivity contribution in [3.8, 4) is 0 Å². The van der Waals surface area contributed by atoms with Crippen LogP contribution in [0.2, 0.25) is 0 Å². The minimum atomic E-state index is -0.436. The highest BCUT2D eigenvalue weighted by Gasteiger charge is 2.14. The van der Waals surface area contributed by atoms with Crippen LogP contribution in [-0.4, -0.2) is 19.0 Å². The van der Waals surface area contributed by atoms with Crippen LogP contribution in [0, 0.1) is 0 Å². The molecule has 0 radical (unpaired) electrons. The molecule has 0 aliphatic carbocycles. The number of benzene rings is 2. The largest absolute Gasteiger partial charge is 0.465 e. The quantitative estimate of drug-likeness (QED) is 0.745. The van der Waals surface area contributed by atoms with E-state index in [1.54, 1.807) is 12.1 Å². The predicted octanol–water partition coefficient (Wildman–Crippen LogP) is 3.94. The Morgan fingerprint density at radius 3 is 2.50 bits per heavy atom. The van der Waals surface area contributed by atoms with E-state index in [1.165, 1.54) is 7.11 Å². The molecule has 5 heteroatoms. The van der Waals surface area contributed by atoms with Gasteiger partial charge in [0.15, 0.2) is 0 Å². The molecule has 0 spiro atoms. The summed E-state index contributed by atoms with van der Waals surface area (Å²) >= 11 is 1.11. The molecule has 0 aliphatic heterocycles. The molecule has 1 amide bonds. The third-order valence-corrected chi connectivity index (χ3v) is 4.32. The zero-order chi connectivity index (χ0) is 15.5. The average Bonchev–Trinajstić information content (AvgIpc) is 3.04. The van der Waals surface area contributed by atoms with Gasteiger partial charge in [-0.1, -0.05) is 36.4 Å². The lowest BCUT2D eigenvalue weighted by molar-refractivity contribution is 0.0606. The van der Waals surface area contributed by atoms with Gasteiger partial charge < -0.3 is 10.1 Å². The van der Waals surface area contributed by atoms with E-state index in [1.807, 2.05) is 42.5 Å². The van der Waals surface area contributed by atoms with Crippen molar-refractivity contribution in [2.24, 2.45) is 0 Å². The van der Waals surface area contributed by atoms with E-state index < -0.39 is 5.97 Å². The summed E-state index contributed by atoms with van der Waals surface area (Å²) in [7, 11) is 1.32. The van der Waals surface area contributed by atoms with Gasteiger partial charge in [0, 0.05) is 11.1 Å². The molecule has 0 saturated heterocycles. The van der Waals surface area contributed by atoms with Crippen LogP contribution in [0.25, 0.3) is 10.8 Å². The molecule has 1 N–H and O–H groups in total. The molecule has 1 aromatic heterocycles. The molecule has 0 unspecified atom stereocenters. The first-order chi connectivity index (χ1) is 10.7. The number of amides is 1. The molecule has 0 bridgehead atoms. The third kappa shape index (κ3) is 2.71. The fourth-order valence-corrected chi connectivity index (χ4v) is 3.01. The number of carbonyl (C=O) groups is 2. The Labute approximate surface area is 131 Å². The molecule has 0 saturated carbocycles. The smallest absolute Gasteiger partial charge is 0.348 e. The molecule has 0 atom stereocenters. The molecule has 110 valence electrons. The summed E-state index contributed by atoms with van der Waals surface area (Å²) in [6.45, 7) is 0. The van der Waals surface area contributed by atoms with Gasteiger partial charge >= 0.3 is 5.97 Å². The number of hydrogen-bond donors (Lipinski definition) is 1. The van der Waals surface area contributed by atoms with Crippen molar-refractivity contribution in [2.45, 2.75) is 0 Å². The van der Waals surface area contributed by atoms with Crippen LogP contribution in [0.15, 0.2) is 54.6 Å². The molecule has 4 nitrogen and oxygen atoms in total. The minimum absolute atomic E-state index is 0.239. The molecular formula is C17H13NO3S. The Bertz CT molecular complexity index is 848. The summed E-state index contributed by atoms with van der Waals surface area (Å²) in [4.78, 5) is 24.6. The Hall–Kier alpha value is -2.66. The van der Waals surface area contributed by atoms with Gasteiger partial charge in [0.2, 0.25) is 0 Å². The number of thiophene rings is 1. The Kier molecular flexibility index (Phi) is 3.89. The van der Waals surface area contributed by atoms with E-state index in [0.29, 0.717) is 9.75 Å². The topological polar surface area (TPSA) is 55.4 Å². The van der Waals surface area contributed by atoms with Crippen molar-refractivity contribution in [1.29, 1.82) is 0 Å². The fourth-order valence-electron chi connectivity index (χ4n) is 2.19. The number of ether oxygens (including phenoxy) is 1. The highest BCUT2D eigenvalue weighted by atomic mass is 32.1. The highest BCUT2D eigenvalue weighted by molar-refractivity contribution is 7.16. The maximum absolute atomic E-state index is 12.3. The molecule has 0 aliphatic rings. The maximum Gasteiger partial charge on any atom is 0.348 e. The monoisotopic (exact) mass is 311 g/mol. The van der Waals surface area contributed by atoms with Crippen molar-refractivity contribution in [3.05, 3.63) is 64.4 Å². The van der Waals surface area contributed by atoms with Crippen LogP contribution >= 0.6 is 11.3 Å². The number of hydrogen-bond acceptors (Lipinski definition) is 4. The van der Waals surface area contributed by atoms with E-state index in [4.69, 9.17) is 0 Å². The first-order valence-electron chi connectivity index (χ1n) is 6.66. The van der Waals surface area contributed by atoms with Crippen LogP contribution in [0.1, 0.15) is 19.3 Å². The fraction of sp³-hybridized carbons (Fsp3) is 0.0588. The lowest BCUT2D eigenvalue weighted by Crippen LogP contribution is -2.10. The number of methoxy groups -OCH3 is 1. The first kappa shape index (κ1) is 14.3. The number of fused-ring (bicyclic) bond motifs is 1. The second kappa shape index (κ2) is 5.99. The van der Waals surface area contributed by atoms with Crippen LogP contribution in [0.4, 0.5) is 5.69 Å².